The molecule has 0 N–H and O–H groups in total. The van der Waals surface area contributed by atoms with Gasteiger partial charge in [0.2, 0.25) is 5.75 Å². The average Bonchev–Trinajstić information content (AvgIpc) is 2.75. The molecule has 0 unspecified atom stereocenters. The summed E-state index contributed by atoms with van der Waals surface area (Å²) in [5.74, 6) is 3.49. The molecule has 0 radical (unpaired) electrons. The lowest BCUT2D eigenvalue weighted by atomic mass is 9.99. The van der Waals surface area contributed by atoms with Crippen LogP contribution in [-0.2, 0) is 0 Å². The molecule has 198 valence electrons. The minimum absolute atomic E-state index is 0.0138. The number of ether oxygens (including phenoxy) is 3. The molecule has 0 aliphatic carbocycles. The number of rotatable bonds is 7. The van der Waals surface area contributed by atoms with Gasteiger partial charge in [0, 0.05) is 5.39 Å². The van der Waals surface area contributed by atoms with Crippen molar-refractivity contribution in [1.82, 2.24) is 0 Å². The van der Waals surface area contributed by atoms with Crippen LogP contribution in [0.15, 0.2) is 30.3 Å². The standard InChI is InChI=1S/C29H44O5Si2/c1-28(2,3)35(10,11)33-23-16-19-14-15-20-17-24(31-8)26(32-9)27(34-36(12,13)29(4,5)6)25(20)21(19)18-22(23)30-7/h14-18H,1-13H3. The van der Waals surface area contributed by atoms with Crippen LogP contribution in [0.4, 0.5) is 0 Å². The maximum atomic E-state index is 6.95. The highest BCUT2D eigenvalue weighted by Gasteiger charge is 2.41. The van der Waals surface area contributed by atoms with E-state index in [1.54, 1.807) is 21.3 Å². The van der Waals surface area contributed by atoms with E-state index >= 15 is 0 Å². The summed E-state index contributed by atoms with van der Waals surface area (Å²) >= 11 is 0. The fraction of sp³-hybridized carbons (Fsp3) is 0.517. The fourth-order valence-corrected chi connectivity index (χ4v) is 5.70. The highest BCUT2D eigenvalue weighted by molar-refractivity contribution is 6.75. The van der Waals surface area contributed by atoms with E-state index in [0.29, 0.717) is 17.2 Å². The van der Waals surface area contributed by atoms with Gasteiger partial charge < -0.3 is 23.1 Å². The quantitative estimate of drug-likeness (QED) is 0.226. The molecule has 0 aromatic heterocycles. The van der Waals surface area contributed by atoms with E-state index in [-0.39, 0.29) is 10.1 Å². The first-order valence-electron chi connectivity index (χ1n) is 12.5. The van der Waals surface area contributed by atoms with Crippen molar-refractivity contribution >= 4 is 38.2 Å². The van der Waals surface area contributed by atoms with Crippen LogP contribution in [0.3, 0.4) is 0 Å². The maximum Gasteiger partial charge on any atom is 0.250 e. The molecular formula is C29H44O5Si2. The molecule has 0 heterocycles. The first kappa shape index (κ1) is 28.2. The SMILES string of the molecule is COc1cc2c(ccc3cc(OC)c(OC)c(O[Si](C)(C)C(C)(C)C)c32)cc1O[Si](C)(C)C(C)(C)C. The Kier molecular flexibility index (Phi) is 7.43. The molecule has 0 saturated heterocycles. The predicted octanol–water partition coefficient (Wildman–Crippen LogP) is 8.79. The van der Waals surface area contributed by atoms with E-state index in [4.69, 9.17) is 23.1 Å². The van der Waals surface area contributed by atoms with Crippen molar-refractivity contribution in [2.45, 2.75) is 77.8 Å². The van der Waals surface area contributed by atoms with Crippen LogP contribution >= 0.6 is 0 Å². The van der Waals surface area contributed by atoms with Gasteiger partial charge in [-0.3, -0.25) is 0 Å². The van der Waals surface area contributed by atoms with Crippen LogP contribution in [0.25, 0.3) is 21.5 Å². The van der Waals surface area contributed by atoms with Crippen molar-refractivity contribution in [3.8, 4) is 28.7 Å². The molecule has 0 spiro atoms. The highest BCUT2D eigenvalue weighted by atomic mass is 28.4. The van der Waals surface area contributed by atoms with Gasteiger partial charge in [-0.1, -0.05) is 53.7 Å². The first-order valence-corrected chi connectivity index (χ1v) is 18.4. The highest BCUT2D eigenvalue weighted by Crippen LogP contribution is 2.51. The predicted molar refractivity (Wildman–Crippen MR) is 157 cm³/mol. The van der Waals surface area contributed by atoms with E-state index in [9.17, 15) is 0 Å². The summed E-state index contributed by atoms with van der Waals surface area (Å²) < 4.78 is 31.1. The topological polar surface area (TPSA) is 46.2 Å². The summed E-state index contributed by atoms with van der Waals surface area (Å²) in [4.78, 5) is 0. The molecule has 0 bridgehead atoms. The van der Waals surface area contributed by atoms with Crippen LogP contribution in [0.1, 0.15) is 41.5 Å². The van der Waals surface area contributed by atoms with E-state index < -0.39 is 16.6 Å². The Balaban J connectivity index is 2.38. The largest absolute Gasteiger partial charge is 0.541 e. The van der Waals surface area contributed by atoms with Gasteiger partial charge in [0.05, 0.1) is 21.3 Å². The number of hydrogen-bond acceptors (Lipinski definition) is 5. The lowest BCUT2D eigenvalue weighted by molar-refractivity contribution is 0.342. The Morgan fingerprint density at radius 1 is 0.556 bits per heavy atom. The molecule has 3 aromatic carbocycles. The molecule has 3 rings (SSSR count). The third-order valence-electron chi connectivity index (χ3n) is 8.04. The smallest absolute Gasteiger partial charge is 0.250 e. The van der Waals surface area contributed by atoms with Crippen molar-refractivity contribution in [3.05, 3.63) is 30.3 Å². The van der Waals surface area contributed by atoms with Crippen molar-refractivity contribution in [3.63, 3.8) is 0 Å². The van der Waals surface area contributed by atoms with Crippen molar-refractivity contribution < 1.29 is 23.1 Å². The van der Waals surface area contributed by atoms with Gasteiger partial charge in [-0.15, -0.1) is 0 Å². The van der Waals surface area contributed by atoms with Crippen LogP contribution in [0, 0.1) is 0 Å². The zero-order chi connectivity index (χ0) is 27.3. The van der Waals surface area contributed by atoms with Gasteiger partial charge in [0.25, 0.3) is 16.6 Å². The van der Waals surface area contributed by atoms with Gasteiger partial charge in [0.15, 0.2) is 17.2 Å². The summed E-state index contributed by atoms with van der Waals surface area (Å²) in [5.41, 5.74) is 0. The molecule has 0 amide bonds. The van der Waals surface area contributed by atoms with Crippen LogP contribution in [-0.4, -0.2) is 38.0 Å². The molecule has 36 heavy (non-hydrogen) atoms. The fourth-order valence-electron chi connectivity index (χ4n) is 3.67. The number of hydrogen-bond donors (Lipinski definition) is 0. The Morgan fingerprint density at radius 2 is 1.06 bits per heavy atom. The lowest BCUT2D eigenvalue weighted by Gasteiger charge is -2.37. The third-order valence-corrected chi connectivity index (χ3v) is 16.7. The Hall–Kier alpha value is -2.39. The van der Waals surface area contributed by atoms with Gasteiger partial charge >= 0.3 is 0 Å². The summed E-state index contributed by atoms with van der Waals surface area (Å²) in [5, 5.41) is 4.19. The number of methoxy groups -OCH3 is 3. The molecule has 7 heteroatoms. The average molecular weight is 529 g/mol. The summed E-state index contributed by atoms with van der Waals surface area (Å²) in [6.07, 6.45) is 0. The first-order chi connectivity index (χ1) is 16.5. The molecule has 0 fully saturated rings. The Bertz CT molecular complexity index is 1270. The van der Waals surface area contributed by atoms with E-state index in [1.807, 2.05) is 6.07 Å². The van der Waals surface area contributed by atoms with Gasteiger partial charge in [-0.2, -0.15) is 0 Å². The van der Waals surface area contributed by atoms with Crippen molar-refractivity contribution in [2.75, 3.05) is 21.3 Å². The second-order valence-corrected chi connectivity index (χ2v) is 22.0. The van der Waals surface area contributed by atoms with E-state index in [0.717, 1.165) is 33.0 Å². The van der Waals surface area contributed by atoms with E-state index in [1.165, 1.54) is 0 Å². The van der Waals surface area contributed by atoms with Crippen molar-refractivity contribution in [1.29, 1.82) is 0 Å². The second kappa shape index (κ2) is 9.49. The lowest BCUT2D eigenvalue weighted by Crippen LogP contribution is -2.44. The third kappa shape index (κ3) is 5.05. The molecule has 5 nitrogen and oxygen atoms in total. The minimum atomic E-state index is -2.21. The zero-order valence-electron chi connectivity index (χ0n) is 24.4. The van der Waals surface area contributed by atoms with Gasteiger partial charge in [0.1, 0.15) is 5.75 Å². The van der Waals surface area contributed by atoms with Gasteiger partial charge in [-0.25, -0.2) is 0 Å². The summed E-state index contributed by atoms with van der Waals surface area (Å²) in [6, 6.07) is 10.4. The van der Waals surface area contributed by atoms with Crippen LogP contribution in [0.2, 0.25) is 36.3 Å². The molecule has 0 saturated carbocycles. The van der Waals surface area contributed by atoms with Crippen LogP contribution in [0.5, 0.6) is 28.7 Å². The molecule has 0 atom stereocenters. The summed E-state index contributed by atoms with van der Waals surface area (Å²) in [6.45, 7) is 22.4. The number of benzene rings is 3. The van der Waals surface area contributed by atoms with Crippen molar-refractivity contribution in [2.24, 2.45) is 0 Å². The Labute approximate surface area is 219 Å². The Morgan fingerprint density at radius 3 is 1.56 bits per heavy atom. The van der Waals surface area contributed by atoms with Gasteiger partial charge in [-0.05, 0) is 70.6 Å². The minimum Gasteiger partial charge on any atom is -0.541 e. The van der Waals surface area contributed by atoms with E-state index in [2.05, 4.69) is 92.0 Å². The normalized spacial score (nSPS) is 13.1. The molecule has 0 aliphatic rings. The maximum absolute atomic E-state index is 6.95. The number of fused-ring (bicyclic) bond motifs is 3. The second-order valence-electron chi connectivity index (χ2n) is 12.6. The molecule has 0 aliphatic heterocycles. The monoisotopic (exact) mass is 528 g/mol. The summed E-state index contributed by atoms with van der Waals surface area (Å²) in [7, 11) is 0.757. The molecular weight excluding hydrogens is 484 g/mol. The zero-order valence-corrected chi connectivity index (χ0v) is 26.4. The van der Waals surface area contributed by atoms with Crippen LogP contribution < -0.4 is 23.1 Å². The molecule has 3 aromatic rings.